The van der Waals surface area contributed by atoms with Gasteiger partial charge in [0.15, 0.2) is 11.2 Å². The van der Waals surface area contributed by atoms with Crippen molar-refractivity contribution in [1.29, 1.82) is 0 Å². The largest absolute Gasteiger partial charge is 0.337 e. The van der Waals surface area contributed by atoms with Crippen molar-refractivity contribution in [1.82, 2.24) is 18.7 Å². The van der Waals surface area contributed by atoms with Crippen LogP contribution < -0.4 is 16.1 Å². The maximum Gasteiger partial charge on any atom is 0.332 e. The Balaban J connectivity index is 1.71. The average Bonchev–Trinajstić information content (AvgIpc) is 3.17. The van der Waals surface area contributed by atoms with Gasteiger partial charge in [-0.15, -0.1) is 0 Å². The molecule has 0 fully saturated rings. The molecule has 9 heteroatoms. The molecule has 32 heavy (non-hydrogen) atoms. The van der Waals surface area contributed by atoms with E-state index in [2.05, 4.69) is 17.0 Å². The number of aromatic nitrogens is 4. The number of anilines is 1. The second-order valence-electron chi connectivity index (χ2n) is 8.06. The molecule has 3 heterocycles. The number of hydrogen-bond acceptors (Lipinski definition) is 4. The summed E-state index contributed by atoms with van der Waals surface area (Å²) in [5.74, 6) is 0.652. The van der Waals surface area contributed by atoms with Gasteiger partial charge in [-0.05, 0) is 35.2 Å². The Morgan fingerprint density at radius 3 is 2.47 bits per heavy atom. The van der Waals surface area contributed by atoms with E-state index in [0.717, 1.165) is 23.1 Å². The van der Waals surface area contributed by atoms with Crippen LogP contribution in [0, 0.1) is 0 Å². The Morgan fingerprint density at radius 2 is 1.72 bits per heavy atom. The van der Waals surface area contributed by atoms with Gasteiger partial charge in [-0.3, -0.25) is 18.5 Å². The predicted octanol–water partition coefficient (Wildman–Crippen LogP) is 3.35. The number of fused-ring (bicyclic) bond motifs is 2. The van der Waals surface area contributed by atoms with Crippen LogP contribution in [0.25, 0.3) is 11.2 Å². The summed E-state index contributed by atoms with van der Waals surface area (Å²) < 4.78 is 4.42. The molecule has 0 radical (unpaired) electrons. The fourth-order valence-electron chi connectivity index (χ4n) is 4.31. The molecule has 1 aliphatic rings. The number of rotatable bonds is 3. The van der Waals surface area contributed by atoms with Crippen molar-refractivity contribution >= 4 is 40.3 Å². The molecule has 2 aromatic heterocycles. The number of halogens is 2. The fraction of sp³-hybridized carbons (Fsp3) is 0.261. The molecule has 4 aromatic rings. The Morgan fingerprint density at radius 1 is 0.969 bits per heavy atom. The molecule has 0 bridgehead atoms. The highest BCUT2D eigenvalue weighted by Gasteiger charge is 2.25. The van der Waals surface area contributed by atoms with Crippen LogP contribution in [-0.2, 0) is 33.6 Å². The maximum absolute atomic E-state index is 13.2. The second-order valence-corrected chi connectivity index (χ2v) is 8.88. The second kappa shape index (κ2) is 7.83. The Kier molecular flexibility index (Phi) is 5.10. The zero-order valence-electron chi connectivity index (χ0n) is 17.7. The topological polar surface area (TPSA) is 65.1 Å². The molecule has 2 aromatic carbocycles. The Hall–Kier alpha value is -3.03. The van der Waals surface area contributed by atoms with Gasteiger partial charge >= 0.3 is 5.69 Å². The first-order valence-corrected chi connectivity index (χ1v) is 11.0. The summed E-state index contributed by atoms with van der Waals surface area (Å²) in [6.07, 6.45) is 0.878. The molecule has 0 spiro atoms. The third-order valence-electron chi connectivity index (χ3n) is 6.07. The number of hydrogen-bond donors (Lipinski definition) is 0. The van der Waals surface area contributed by atoms with Crippen molar-refractivity contribution in [2.75, 3.05) is 11.4 Å². The van der Waals surface area contributed by atoms with E-state index < -0.39 is 5.69 Å². The van der Waals surface area contributed by atoms with Crippen molar-refractivity contribution in [2.45, 2.75) is 19.5 Å². The predicted molar refractivity (Wildman–Crippen MR) is 127 cm³/mol. The number of benzene rings is 2. The molecule has 1 aliphatic heterocycles. The minimum atomic E-state index is -0.405. The van der Waals surface area contributed by atoms with Gasteiger partial charge in [0.25, 0.3) is 5.56 Å². The summed E-state index contributed by atoms with van der Waals surface area (Å²) in [4.78, 5) is 32.6. The first kappa shape index (κ1) is 20.8. The summed E-state index contributed by atoms with van der Waals surface area (Å²) in [6, 6.07) is 13.7. The zero-order valence-corrected chi connectivity index (χ0v) is 19.2. The first-order valence-electron chi connectivity index (χ1n) is 10.3. The molecule has 0 N–H and O–H groups in total. The maximum atomic E-state index is 13.2. The van der Waals surface area contributed by atoms with Crippen LogP contribution in [-0.4, -0.2) is 25.2 Å². The quantitative estimate of drug-likeness (QED) is 0.461. The summed E-state index contributed by atoms with van der Waals surface area (Å²) in [5.41, 5.74) is 3.40. The highest BCUT2D eigenvalue weighted by molar-refractivity contribution is 6.42. The molecule has 0 atom stereocenters. The van der Waals surface area contributed by atoms with Crippen molar-refractivity contribution in [2.24, 2.45) is 14.1 Å². The van der Waals surface area contributed by atoms with Gasteiger partial charge in [-0.2, -0.15) is 4.98 Å². The molecule has 0 aliphatic carbocycles. The van der Waals surface area contributed by atoms with Crippen LogP contribution in [0.1, 0.15) is 16.7 Å². The molecule has 0 saturated heterocycles. The third kappa shape index (κ3) is 3.32. The van der Waals surface area contributed by atoms with Crippen LogP contribution in [0.3, 0.4) is 0 Å². The van der Waals surface area contributed by atoms with Crippen molar-refractivity contribution in [3.8, 4) is 0 Å². The van der Waals surface area contributed by atoms with E-state index in [-0.39, 0.29) is 5.56 Å². The highest BCUT2D eigenvalue weighted by atomic mass is 35.5. The molecule has 164 valence electrons. The first-order chi connectivity index (χ1) is 15.3. The Bertz CT molecular complexity index is 1480. The molecule has 0 unspecified atom stereocenters. The average molecular weight is 470 g/mol. The lowest BCUT2D eigenvalue weighted by molar-refractivity contribution is 0.674. The molecule has 0 amide bonds. The van der Waals surface area contributed by atoms with Gasteiger partial charge in [0.2, 0.25) is 5.95 Å². The molecule has 5 rings (SSSR count). The molecular weight excluding hydrogens is 449 g/mol. The smallest absolute Gasteiger partial charge is 0.332 e. The minimum absolute atomic E-state index is 0.368. The van der Waals surface area contributed by atoms with Crippen molar-refractivity contribution in [3.05, 3.63) is 90.0 Å². The number of nitrogens with zero attached hydrogens (tertiary/aromatic N) is 5. The summed E-state index contributed by atoms with van der Waals surface area (Å²) in [6.45, 7) is 1.80. The van der Waals surface area contributed by atoms with Crippen LogP contribution >= 0.6 is 23.2 Å². The monoisotopic (exact) mass is 469 g/mol. The zero-order chi connectivity index (χ0) is 22.6. The van der Waals surface area contributed by atoms with Gasteiger partial charge in [0, 0.05) is 27.2 Å². The number of imidazole rings is 1. The van der Waals surface area contributed by atoms with Crippen LogP contribution in [0.4, 0.5) is 5.95 Å². The summed E-state index contributed by atoms with van der Waals surface area (Å²) in [7, 11) is 3.12. The minimum Gasteiger partial charge on any atom is -0.337 e. The molecular formula is C23H21Cl2N5O2. The fourth-order valence-corrected chi connectivity index (χ4v) is 4.63. The van der Waals surface area contributed by atoms with E-state index in [1.165, 1.54) is 22.7 Å². The normalized spacial score (nSPS) is 13.6. The molecule has 0 saturated carbocycles. The Labute approximate surface area is 194 Å². The van der Waals surface area contributed by atoms with Crippen LogP contribution in [0.5, 0.6) is 0 Å². The van der Waals surface area contributed by atoms with E-state index in [4.69, 9.17) is 28.2 Å². The van der Waals surface area contributed by atoms with Crippen molar-refractivity contribution < 1.29 is 0 Å². The van der Waals surface area contributed by atoms with E-state index in [9.17, 15) is 9.59 Å². The van der Waals surface area contributed by atoms with Crippen LogP contribution in [0.2, 0.25) is 10.0 Å². The van der Waals surface area contributed by atoms with Crippen LogP contribution in [0.15, 0.2) is 52.1 Å². The van der Waals surface area contributed by atoms with E-state index in [1.54, 1.807) is 19.2 Å². The molecule has 7 nitrogen and oxygen atoms in total. The van der Waals surface area contributed by atoms with Crippen molar-refractivity contribution in [3.63, 3.8) is 0 Å². The van der Waals surface area contributed by atoms with Gasteiger partial charge in [-0.25, -0.2) is 4.79 Å². The van der Waals surface area contributed by atoms with E-state index in [0.29, 0.717) is 40.2 Å². The van der Waals surface area contributed by atoms with E-state index >= 15 is 0 Å². The summed E-state index contributed by atoms with van der Waals surface area (Å²) >= 11 is 12.3. The lowest BCUT2D eigenvalue weighted by atomic mass is 10.0. The van der Waals surface area contributed by atoms with Gasteiger partial charge < -0.3 is 4.90 Å². The van der Waals surface area contributed by atoms with Gasteiger partial charge in [-0.1, -0.05) is 53.5 Å². The van der Waals surface area contributed by atoms with Gasteiger partial charge in [0.1, 0.15) is 0 Å². The summed E-state index contributed by atoms with van der Waals surface area (Å²) in [5, 5.41) is 0.916. The number of aryl methyl sites for hydroxylation is 1. The third-order valence-corrected chi connectivity index (χ3v) is 6.81. The lowest BCUT2D eigenvalue weighted by Crippen LogP contribution is -2.37. The lowest BCUT2D eigenvalue weighted by Gasteiger charge is -2.30. The van der Waals surface area contributed by atoms with Gasteiger partial charge in [0.05, 0.1) is 16.6 Å². The SMILES string of the molecule is Cn1c(=O)c2c(nc(N3CCc4ccccc4C3)n2Cc2ccc(Cl)c(Cl)c2)n(C)c1=O. The highest BCUT2D eigenvalue weighted by Crippen LogP contribution is 2.28. The van der Waals surface area contributed by atoms with E-state index in [1.807, 2.05) is 22.8 Å². The standard InChI is InChI=1S/C23H21Cl2N5O2/c1-27-20-19(21(31)28(2)23(27)32)30(12-14-7-8-17(24)18(25)11-14)22(26-20)29-10-9-15-5-3-4-6-16(15)13-29/h3-8,11H,9-10,12-13H2,1-2H3.